The minimum absolute atomic E-state index is 0.118. The predicted molar refractivity (Wildman–Crippen MR) is 58.8 cm³/mol. The van der Waals surface area contributed by atoms with Gasteiger partial charge in [0.2, 0.25) is 0 Å². The van der Waals surface area contributed by atoms with Gasteiger partial charge in [-0.3, -0.25) is 0 Å². The molecule has 2 aliphatic heterocycles. The number of hydrogen-bond acceptors (Lipinski definition) is 3. The molecule has 0 aromatic carbocycles. The molecule has 3 nitrogen and oxygen atoms in total. The minimum atomic E-state index is 0.118. The Labute approximate surface area is 90.4 Å². The normalized spacial score (nSPS) is 31.0. The third-order valence-electron chi connectivity index (χ3n) is 3.83. The van der Waals surface area contributed by atoms with Gasteiger partial charge in [-0.25, -0.2) is 0 Å². The molecule has 3 heteroatoms. The third kappa shape index (κ3) is 1.34. The zero-order valence-corrected chi connectivity index (χ0v) is 9.25. The van der Waals surface area contributed by atoms with Crippen molar-refractivity contribution < 1.29 is 4.42 Å². The first-order valence-electron chi connectivity index (χ1n) is 5.88. The molecule has 1 fully saturated rings. The molecule has 1 unspecified atom stereocenters. The summed E-state index contributed by atoms with van der Waals surface area (Å²) in [5, 5.41) is 3.67. The first-order valence-corrected chi connectivity index (χ1v) is 5.88. The van der Waals surface area contributed by atoms with E-state index in [1.807, 2.05) is 6.26 Å². The number of likely N-dealkylation sites (N-methyl/N-ethyl adjacent to an activating group) is 1. The predicted octanol–water partition coefficient (Wildman–Crippen LogP) is 1.35. The summed E-state index contributed by atoms with van der Waals surface area (Å²) in [6.45, 7) is 6.74. The standard InChI is InChI=1S/C12H18N2O/c1-2-14-7-5-12(9-14)11-10(3-6-13-12)4-8-15-11/h4,8,13H,2-3,5-7,9H2,1H3. The lowest BCUT2D eigenvalue weighted by Crippen LogP contribution is -2.48. The van der Waals surface area contributed by atoms with Crippen LogP contribution in [0, 0.1) is 0 Å². The van der Waals surface area contributed by atoms with E-state index in [1.165, 1.54) is 24.3 Å². The van der Waals surface area contributed by atoms with Crippen LogP contribution in [-0.2, 0) is 12.0 Å². The van der Waals surface area contributed by atoms with E-state index in [0.29, 0.717) is 0 Å². The minimum Gasteiger partial charge on any atom is -0.467 e. The molecule has 15 heavy (non-hydrogen) atoms. The Morgan fingerprint density at radius 2 is 2.53 bits per heavy atom. The van der Waals surface area contributed by atoms with Crippen LogP contribution in [0.25, 0.3) is 0 Å². The number of fused-ring (bicyclic) bond motifs is 2. The van der Waals surface area contributed by atoms with E-state index in [2.05, 4.69) is 23.2 Å². The molecule has 3 rings (SSSR count). The Morgan fingerprint density at radius 3 is 3.33 bits per heavy atom. The second kappa shape index (κ2) is 3.35. The highest BCUT2D eigenvalue weighted by atomic mass is 16.3. The zero-order chi connectivity index (χ0) is 10.3. The Bertz CT molecular complexity index is 360. The highest BCUT2D eigenvalue weighted by Crippen LogP contribution is 2.36. The average molecular weight is 206 g/mol. The molecule has 1 saturated heterocycles. The quantitative estimate of drug-likeness (QED) is 0.751. The maximum absolute atomic E-state index is 5.70. The van der Waals surface area contributed by atoms with Gasteiger partial charge in [-0.15, -0.1) is 0 Å². The Hall–Kier alpha value is -0.800. The maximum Gasteiger partial charge on any atom is 0.128 e. The fourth-order valence-corrected chi connectivity index (χ4v) is 2.96. The molecule has 0 amide bonds. The van der Waals surface area contributed by atoms with Gasteiger partial charge >= 0.3 is 0 Å². The van der Waals surface area contributed by atoms with Crippen LogP contribution in [-0.4, -0.2) is 31.1 Å². The highest BCUT2D eigenvalue weighted by molar-refractivity contribution is 5.29. The van der Waals surface area contributed by atoms with E-state index in [4.69, 9.17) is 4.42 Å². The molecule has 1 aromatic rings. The second-order valence-corrected chi connectivity index (χ2v) is 4.65. The van der Waals surface area contributed by atoms with Gasteiger partial charge in [0.05, 0.1) is 11.8 Å². The van der Waals surface area contributed by atoms with Crippen molar-refractivity contribution in [3.05, 3.63) is 23.7 Å². The number of nitrogens with zero attached hydrogens (tertiary/aromatic N) is 1. The average Bonchev–Trinajstić information content (AvgIpc) is 2.86. The van der Waals surface area contributed by atoms with Crippen LogP contribution in [0.3, 0.4) is 0 Å². The number of hydrogen-bond donors (Lipinski definition) is 1. The van der Waals surface area contributed by atoms with Crippen molar-refractivity contribution in [1.29, 1.82) is 0 Å². The van der Waals surface area contributed by atoms with Gasteiger partial charge in [-0.1, -0.05) is 6.92 Å². The van der Waals surface area contributed by atoms with Gasteiger partial charge in [-0.2, -0.15) is 0 Å². The van der Waals surface area contributed by atoms with Crippen molar-refractivity contribution in [2.24, 2.45) is 0 Å². The van der Waals surface area contributed by atoms with Crippen LogP contribution in [0.15, 0.2) is 16.7 Å². The molecule has 1 atom stereocenters. The lowest BCUT2D eigenvalue weighted by molar-refractivity contribution is 0.241. The molecular formula is C12H18N2O. The molecule has 2 aliphatic rings. The molecule has 1 N–H and O–H groups in total. The molecule has 3 heterocycles. The molecule has 0 bridgehead atoms. The van der Waals surface area contributed by atoms with Gasteiger partial charge < -0.3 is 14.6 Å². The van der Waals surface area contributed by atoms with E-state index in [0.717, 1.165) is 26.1 Å². The summed E-state index contributed by atoms with van der Waals surface area (Å²) in [4.78, 5) is 2.49. The van der Waals surface area contributed by atoms with E-state index >= 15 is 0 Å². The van der Waals surface area contributed by atoms with Crippen molar-refractivity contribution >= 4 is 0 Å². The van der Waals surface area contributed by atoms with Crippen LogP contribution < -0.4 is 5.32 Å². The SMILES string of the molecule is CCN1CCC2(C1)NCCc1ccoc12. The fraction of sp³-hybridized carbons (Fsp3) is 0.667. The summed E-state index contributed by atoms with van der Waals surface area (Å²) >= 11 is 0. The number of rotatable bonds is 1. The third-order valence-corrected chi connectivity index (χ3v) is 3.83. The number of furan rings is 1. The molecule has 0 saturated carbocycles. The van der Waals surface area contributed by atoms with Crippen LogP contribution in [0.1, 0.15) is 24.7 Å². The van der Waals surface area contributed by atoms with Crippen molar-refractivity contribution in [3.63, 3.8) is 0 Å². The van der Waals surface area contributed by atoms with Crippen LogP contribution in [0.2, 0.25) is 0 Å². The van der Waals surface area contributed by atoms with Crippen molar-refractivity contribution in [2.75, 3.05) is 26.2 Å². The van der Waals surface area contributed by atoms with Gasteiger partial charge in [0.15, 0.2) is 0 Å². The first-order chi connectivity index (χ1) is 7.34. The number of nitrogens with one attached hydrogen (secondary N) is 1. The van der Waals surface area contributed by atoms with E-state index in [-0.39, 0.29) is 5.54 Å². The highest BCUT2D eigenvalue weighted by Gasteiger charge is 2.44. The topological polar surface area (TPSA) is 28.4 Å². The summed E-state index contributed by atoms with van der Waals surface area (Å²) in [7, 11) is 0. The van der Waals surface area contributed by atoms with Gasteiger partial charge in [0.25, 0.3) is 0 Å². The van der Waals surface area contributed by atoms with Crippen LogP contribution in [0.4, 0.5) is 0 Å². The van der Waals surface area contributed by atoms with Crippen molar-refractivity contribution in [2.45, 2.75) is 25.3 Å². The first kappa shape index (κ1) is 9.43. The van der Waals surface area contributed by atoms with Crippen molar-refractivity contribution in [1.82, 2.24) is 10.2 Å². The molecule has 1 spiro atoms. The molecular weight excluding hydrogens is 188 g/mol. The number of likely N-dealkylation sites (tertiary alicyclic amines) is 1. The Kier molecular flexibility index (Phi) is 2.11. The van der Waals surface area contributed by atoms with Crippen LogP contribution >= 0.6 is 0 Å². The summed E-state index contributed by atoms with van der Waals surface area (Å²) in [6.07, 6.45) is 4.13. The lowest BCUT2D eigenvalue weighted by atomic mass is 9.88. The Balaban J connectivity index is 1.95. The summed E-state index contributed by atoms with van der Waals surface area (Å²) in [6, 6.07) is 2.13. The van der Waals surface area contributed by atoms with Crippen LogP contribution in [0.5, 0.6) is 0 Å². The van der Waals surface area contributed by atoms with Crippen molar-refractivity contribution in [3.8, 4) is 0 Å². The van der Waals surface area contributed by atoms with E-state index in [1.54, 1.807) is 0 Å². The lowest BCUT2D eigenvalue weighted by Gasteiger charge is -2.33. The molecule has 1 aromatic heterocycles. The Morgan fingerprint density at radius 1 is 1.60 bits per heavy atom. The molecule has 0 radical (unpaired) electrons. The largest absolute Gasteiger partial charge is 0.467 e. The second-order valence-electron chi connectivity index (χ2n) is 4.65. The summed E-state index contributed by atoms with van der Waals surface area (Å²) in [5.74, 6) is 1.20. The smallest absolute Gasteiger partial charge is 0.128 e. The fourth-order valence-electron chi connectivity index (χ4n) is 2.96. The van der Waals surface area contributed by atoms with E-state index < -0.39 is 0 Å². The monoisotopic (exact) mass is 206 g/mol. The molecule has 82 valence electrons. The van der Waals surface area contributed by atoms with E-state index in [9.17, 15) is 0 Å². The summed E-state index contributed by atoms with van der Waals surface area (Å²) < 4.78 is 5.70. The zero-order valence-electron chi connectivity index (χ0n) is 9.25. The van der Waals surface area contributed by atoms with Gasteiger partial charge in [0, 0.05) is 19.6 Å². The maximum atomic E-state index is 5.70. The van der Waals surface area contributed by atoms with Gasteiger partial charge in [-0.05, 0) is 31.0 Å². The molecule has 0 aliphatic carbocycles. The van der Waals surface area contributed by atoms with Gasteiger partial charge in [0.1, 0.15) is 5.76 Å². The summed E-state index contributed by atoms with van der Waals surface area (Å²) in [5.41, 5.74) is 1.53.